The minimum absolute atomic E-state index is 0.245. The van der Waals surface area contributed by atoms with E-state index in [1.165, 1.54) is 14.2 Å². The molecule has 0 saturated carbocycles. The molecule has 3 heterocycles. The average Bonchev–Trinajstić information content (AvgIpc) is 3.17. The maximum atomic E-state index is 5.14. The summed E-state index contributed by atoms with van der Waals surface area (Å²) in [5.74, 6) is 2.33. The Hall–Kier alpha value is -2.91. The highest BCUT2D eigenvalue weighted by molar-refractivity contribution is 5.50. The molecule has 1 saturated heterocycles. The van der Waals surface area contributed by atoms with Gasteiger partial charge in [-0.15, -0.1) is 4.98 Å². The number of ether oxygens (including phenoxy) is 2. The van der Waals surface area contributed by atoms with E-state index in [4.69, 9.17) is 9.47 Å². The summed E-state index contributed by atoms with van der Waals surface area (Å²) in [5.41, 5.74) is 0. The second-order valence-corrected chi connectivity index (χ2v) is 6.24. The Morgan fingerprint density at radius 3 is 2.27 bits per heavy atom. The molecule has 0 aliphatic carbocycles. The molecule has 10 nitrogen and oxygen atoms in total. The van der Waals surface area contributed by atoms with Crippen molar-refractivity contribution in [1.82, 2.24) is 24.9 Å². The molecule has 1 fully saturated rings. The molecule has 0 amide bonds. The molecule has 140 valence electrons. The normalized spacial score (nSPS) is 16.5. The van der Waals surface area contributed by atoms with E-state index >= 15 is 0 Å². The van der Waals surface area contributed by atoms with Crippen LogP contribution >= 0.6 is 0 Å². The van der Waals surface area contributed by atoms with Crippen LogP contribution < -0.4 is 24.2 Å². The fourth-order valence-corrected chi connectivity index (χ4v) is 2.85. The summed E-state index contributed by atoms with van der Waals surface area (Å²) in [7, 11) is 9.02. The average molecular weight is 360 g/mol. The maximum Gasteiger partial charge on any atom is 0.324 e. The molecule has 1 aliphatic heterocycles. The molecule has 26 heavy (non-hydrogen) atoms. The van der Waals surface area contributed by atoms with Gasteiger partial charge in [0.05, 0.1) is 14.2 Å². The summed E-state index contributed by atoms with van der Waals surface area (Å²) in [4.78, 5) is 27.6. The first-order valence-electron chi connectivity index (χ1n) is 8.33. The molecule has 1 unspecified atom stereocenters. The summed E-state index contributed by atoms with van der Waals surface area (Å²) in [6, 6.07) is 2.76. The molecular weight excluding hydrogens is 336 g/mol. The monoisotopic (exact) mass is 360 g/mol. The van der Waals surface area contributed by atoms with Crippen LogP contribution in [0.15, 0.2) is 12.4 Å². The zero-order valence-electron chi connectivity index (χ0n) is 15.7. The summed E-state index contributed by atoms with van der Waals surface area (Å²) in [6.45, 7) is 1.60. The maximum absolute atomic E-state index is 5.14. The topological polar surface area (TPSA) is 92.6 Å². The van der Waals surface area contributed by atoms with Gasteiger partial charge in [-0.3, -0.25) is 0 Å². The Balaban J connectivity index is 1.75. The van der Waals surface area contributed by atoms with Gasteiger partial charge in [0.15, 0.2) is 0 Å². The van der Waals surface area contributed by atoms with Gasteiger partial charge < -0.3 is 24.2 Å². The second-order valence-electron chi connectivity index (χ2n) is 6.24. The van der Waals surface area contributed by atoms with Crippen LogP contribution in [0.3, 0.4) is 0 Å². The van der Waals surface area contributed by atoms with Crippen LogP contribution in [0.25, 0.3) is 0 Å². The quantitative estimate of drug-likeness (QED) is 0.723. The van der Waals surface area contributed by atoms with E-state index in [1.807, 2.05) is 32.1 Å². The van der Waals surface area contributed by atoms with Gasteiger partial charge in [-0.1, -0.05) is 0 Å². The third kappa shape index (κ3) is 3.68. The van der Waals surface area contributed by atoms with Crippen molar-refractivity contribution in [3.05, 3.63) is 12.4 Å². The van der Waals surface area contributed by atoms with Crippen LogP contribution in [-0.4, -0.2) is 79.4 Å². The third-order valence-electron chi connectivity index (χ3n) is 4.40. The fraction of sp³-hybridized carbons (Fsp3) is 0.562. The zero-order chi connectivity index (χ0) is 18.7. The van der Waals surface area contributed by atoms with Crippen molar-refractivity contribution in [2.24, 2.45) is 0 Å². The largest absolute Gasteiger partial charge is 0.467 e. The number of anilines is 3. The van der Waals surface area contributed by atoms with Crippen molar-refractivity contribution in [2.45, 2.75) is 12.5 Å². The van der Waals surface area contributed by atoms with Gasteiger partial charge in [-0.25, -0.2) is 9.97 Å². The lowest BCUT2D eigenvalue weighted by Crippen LogP contribution is -2.35. The molecule has 1 atom stereocenters. The first-order chi connectivity index (χ1) is 12.5. The minimum Gasteiger partial charge on any atom is -0.467 e. The number of methoxy groups -OCH3 is 2. The number of nitrogens with zero attached hydrogens (tertiary/aromatic N) is 8. The van der Waals surface area contributed by atoms with Crippen molar-refractivity contribution in [3.63, 3.8) is 0 Å². The molecule has 0 aromatic carbocycles. The molecule has 3 rings (SSSR count). The highest BCUT2D eigenvalue weighted by atomic mass is 16.5. The predicted octanol–water partition coefficient (Wildman–Crippen LogP) is 0.460. The van der Waals surface area contributed by atoms with Crippen molar-refractivity contribution in [2.75, 3.05) is 63.2 Å². The molecule has 0 radical (unpaired) electrons. The van der Waals surface area contributed by atoms with E-state index in [0.717, 1.165) is 31.1 Å². The van der Waals surface area contributed by atoms with Gasteiger partial charge >= 0.3 is 12.0 Å². The number of hydrogen-bond donors (Lipinski definition) is 0. The third-order valence-corrected chi connectivity index (χ3v) is 4.40. The highest BCUT2D eigenvalue weighted by Crippen LogP contribution is 2.25. The fourth-order valence-electron chi connectivity index (χ4n) is 2.85. The minimum atomic E-state index is 0.245. The lowest BCUT2D eigenvalue weighted by molar-refractivity contribution is 0.340. The second kappa shape index (κ2) is 7.54. The molecule has 0 bridgehead atoms. The van der Waals surface area contributed by atoms with Crippen molar-refractivity contribution < 1.29 is 9.47 Å². The predicted molar refractivity (Wildman–Crippen MR) is 98.3 cm³/mol. The van der Waals surface area contributed by atoms with Crippen molar-refractivity contribution in [3.8, 4) is 12.0 Å². The van der Waals surface area contributed by atoms with E-state index in [2.05, 4.69) is 34.7 Å². The number of hydrogen-bond acceptors (Lipinski definition) is 10. The Bertz CT molecular complexity index is 735. The Morgan fingerprint density at radius 1 is 1.00 bits per heavy atom. The van der Waals surface area contributed by atoms with Gasteiger partial charge in [0, 0.05) is 46.3 Å². The first-order valence-corrected chi connectivity index (χ1v) is 8.33. The SMILES string of the molecule is COc1nc(OC)nc(N2CCC(N(C)c3cc(N(C)C)ncn3)C2)n1. The molecule has 10 heteroatoms. The number of rotatable bonds is 6. The van der Waals surface area contributed by atoms with E-state index in [1.54, 1.807) is 6.33 Å². The van der Waals surface area contributed by atoms with Crippen LogP contribution in [0, 0.1) is 0 Å². The van der Waals surface area contributed by atoms with Crippen LogP contribution in [0.1, 0.15) is 6.42 Å². The van der Waals surface area contributed by atoms with E-state index in [0.29, 0.717) is 5.95 Å². The van der Waals surface area contributed by atoms with Crippen molar-refractivity contribution in [1.29, 1.82) is 0 Å². The molecule has 1 aliphatic rings. The molecule has 0 spiro atoms. The number of likely N-dealkylation sites (N-methyl/N-ethyl adjacent to an activating group) is 1. The molecule has 2 aromatic rings. The van der Waals surface area contributed by atoms with E-state index < -0.39 is 0 Å². The van der Waals surface area contributed by atoms with E-state index in [-0.39, 0.29) is 18.1 Å². The van der Waals surface area contributed by atoms with E-state index in [9.17, 15) is 0 Å². The summed E-state index contributed by atoms with van der Waals surface area (Å²) in [6.07, 6.45) is 2.56. The lowest BCUT2D eigenvalue weighted by Gasteiger charge is -2.26. The van der Waals surface area contributed by atoms with Gasteiger partial charge in [0.2, 0.25) is 5.95 Å². The highest BCUT2D eigenvalue weighted by Gasteiger charge is 2.29. The summed E-state index contributed by atoms with van der Waals surface area (Å²) in [5, 5.41) is 0. The van der Waals surface area contributed by atoms with Crippen LogP contribution in [0.4, 0.5) is 17.6 Å². The van der Waals surface area contributed by atoms with Gasteiger partial charge in [0.25, 0.3) is 0 Å². The molecule has 0 N–H and O–H groups in total. The first kappa shape index (κ1) is 17.9. The number of aromatic nitrogens is 5. The van der Waals surface area contributed by atoms with Crippen LogP contribution in [0.2, 0.25) is 0 Å². The van der Waals surface area contributed by atoms with Crippen LogP contribution in [-0.2, 0) is 0 Å². The van der Waals surface area contributed by atoms with Gasteiger partial charge in [0.1, 0.15) is 18.0 Å². The summed E-state index contributed by atoms with van der Waals surface area (Å²) < 4.78 is 10.3. The Morgan fingerprint density at radius 2 is 1.65 bits per heavy atom. The lowest BCUT2D eigenvalue weighted by atomic mass is 10.2. The zero-order valence-corrected chi connectivity index (χ0v) is 15.7. The standard InChI is InChI=1S/C16H24N8O2/c1-22(2)12-8-13(18-10-17-12)23(3)11-6-7-24(9-11)14-19-15(25-4)21-16(20-14)26-5/h8,10-11H,6-7,9H2,1-5H3. The Labute approximate surface area is 152 Å². The van der Waals surface area contributed by atoms with Gasteiger partial charge in [-0.05, 0) is 6.42 Å². The smallest absolute Gasteiger partial charge is 0.324 e. The molecular formula is C16H24N8O2. The van der Waals surface area contributed by atoms with Crippen molar-refractivity contribution >= 4 is 17.6 Å². The van der Waals surface area contributed by atoms with Gasteiger partial charge in [-0.2, -0.15) is 9.97 Å². The summed E-state index contributed by atoms with van der Waals surface area (Å²) >= 11 is 0. The molecule has 2 aromatic heterocycles. The Kier molecular flexibility index (Phi) is 5.19. The van der Waals surface area contributed by atoms with Crippen LogP contribution in [0.5, 0.6) is 12.0 Å².